The van der Waals surface area contributed by atoms with Gasteiger partial charge < -0.3 is 19.5 Å². The Bertz CT molecular complexity index is 849. The molecule has 2 aromatic rings. The van der Waals surface area contributed by atoms with Gasteiger partial charge in [0.15, 0.2) is 0 Å². The van der Waals surface area contributed by atoms with Gasteiger partial charge in [0.05, 0.1) is 36.8 Å². The summed E-state index contributed by atoms with van der Waals surface area (Å²) in [5.74, 6) is 0. The van der Waals surface area contributed by atoms with Crippen molar-refractivity contribution in [2.45, 2.75) is 52.6 Å². The number of carbonyl (C=O) groups is 1. The highest BCUT2D eigenvalue weighted by molar-refractivity contribution is 5.95. The standard InChI is InChI=1S/C21H30N4O4/c1-14(2)29-21(27)24-12-15(3)25(16(4)26)19-7-6-17(10-20(19)24)18-11-22-23(13-18)8-9-28-5/h6-7,10-11,13-16,26H,8-9,12H2,1-5H3/t15-,16?/m0/s1. The van der Waals surface area contributed by atoms with Gasteiger partial charge in [0.1, 0.15) is 6.23 Å². The third kappa shape index (κ3) is 4.54. The van der Waals surface area contributed by atoms with E-state index in [2.05, 4.69) is 5.10 Å². The van der Waals surface area contributed by atoms with Crippen molar-refractivity contribution in [1.82, 2.24) is 9.78 Å². The van der Waals surface area contributed by atoms with Gasteiger partial charge in [-0.05, 0) is 45.4 Å². The summed E-state index contributed by atoms with van der Waals surface area (Å²) in [7, 11) is 1.66. The van der Waals surface area contributed by atoms with Crippen LogP contribution in [0.4, 0.5) is 16.2 Å². The molecule has 158 valence electrons. The molecule has 8 nitrogen and oxygen atoms in total. The molecule has 0 spiro atoms. The van der Waals surface area contributed by atoms with Gasteiger partial charge in [-0.3, -0.25) is 9.58 Å². The van der Waals surface area contributed by atoms with Gasteiger partial charge in [0.2, 0.25) is 0 Å². The number of rotatable bonds is 6. The molecule has 0 bridgehead atoms. The maximum atomic E-state index is 12.8. The number of methoxy groups -OCH3 is 1. The number of aromatic nitrogens is 2. The Morgan fingerprint density at radius 3 is 2.69 bits per heavy atom. The summed E-state index contributed by atoms with van der Waals surface area (Å²) >= 11 is 0. The zero-order valence-electron chi connectivity index (χ0n) is 17.7. The minimum atomic E-state index is -0.672. The molecule has 29 heavy (non-hydrogen) atoms. The highest BCUT2D eigenvalue weighted by Gasteiger charge is 2.34. The van der Waals surface area contributed by atoms with Crippen LogP contribution in [0.15, 0.2) is 30.6 Å². The van der Waals surface area contributed by atoms with Crippen LogP contribution in [0.25, 0.3) is 11.1 Å². The summed E-state index contributed by atoms with van der Waals surface area (Å²) in [4.78, 5) is 16.3. The predicted molar refractivity (Wildman–Crippen MR) is 112 cm³/mol. The summed E-state index contributed by atoms with van der Waals surface area (Å²) < 4.78 is 12.4. The third-order valence-electron chi connectivity index (χ3n) is 4.92. The van der Waals surface area contributed by atoms with Gasteiger partial charge >= 0.3 is 6.09 Å². The van der Waals surface area contributed by atoms with Crippen LogP contribution in [0.3, 0.4) is 0 Å². The number of fused-ring (bicyclic) bond motifs is 1. The molecular formula is C21H30N4O4. The zero-order valence-corrected chi connectivity index (χ0v) is 17.7. The van der Waals surface area contributed by atoms with E-state index in [0.29, 0.717) is 19.7 Å². The van der Waals surface area contributed by atoms with Gasteiger partial charge in [-0.1, -0.05) is 6.07 Å². The Morgan fingerprint density at radius 1 is 1.28 bits per heavy atom. The Hall–Kier alpha value is -2.58. The highest BCUT2D eigenvalue weighted by atomic mass is 16.6. The van der Waals surface area contributed by atoms with Crippen molar-refractivity contribution in [2.75, 3.05) is 30.1 Å². The van der Waals surface area contributed by atoms with Crippen LogP contribution < -0.4 is 9.80 Å². The molecule has 0 aliphatic carbocycles. The van der Waals surface area contributed by atoms with E-state index in [1.807, 2.05) is 54.7 Å². The fourth-order valence-electron chi connectivity index (χ4n) is 3.65. The summed E-state index contributed by atoms with van der Waals surface area (Å²) in [5, 5.41) is 14.7. The van der Waals surface area contributed by atoms with Crippen molar-refractivity contribution < 1.29 is 19.4 Å². The van der Waals surface area contributed by atoms with E-state index in [1.54, 1.807) is 25.1 Å². The lowest BCUT2D eigenvalue weighted by atomic mass is 10.0. The van der Waals surface area contributed by atoms with Crippen molar-refractivity contribution >= 4 is 17.5 Å². The number of hydrogen-bond acceptors (Lipinski definition) is 6. The quantitative estimate of drug-likeness (QED) is 0.800. The zero-order chi connectivity index (χ0) is 21.1. The lowest BCUT2D eigenvalue weighted by molar-refractivity contribution is 0.120. The fraction of sp³-hybridized carbons (Fsp3) is 0.524. The molecule has 1 aliphatic heterocycles. The molecule has 1 N–H and O–H groups in total. The molecule has 1 amide bonds. The van der Waals surface area contributed by atoms with Gasteiger partial charge in [-0.25, -0.2) is 4.79 Å². The minimum absolute atomic E-state index is 0.0511. The average molecular weight is 402 g/mol. The molecule has 1 aromatic carbocycles. The van der Waals surface area contributed by atoms with E-state index in [9.17, 15) is 9.90 Å². The molecule has 0 saturated heterocycles. The second kappa shape index (κ2) is 8.84. The largest absolute Gasteiger partial charge is 0.446 e. The first-order valence-corrected chi connectivity index (χ1v) is 9.92. The van der Waals surface area contributed by atoms with Gasteiger partial charge in [0, 0.05) is 31.5 Å². The number of nitrogens with zero attached hydrogens (tertiary/aromatic N) is 4. The first-order valence-electron chi connectivity index (χ1n) is 9.92. The lowest BCUT2D eigenvalue weighted by Gasteiger charge is -2.43. The third-order valence-corrected chi connectivity index (χ3v) is 4.92. The van der Waals surface area contributed by atoms with Gasteiger partial charge in [0.25, 0.3) is 0 Å². The molecule has 1 unspecified atom stereocenters. The van der Waals surface area contributed by atoms with Crippen LogP contribution in [-0.4, -0.2) is 59.6 Å². The van der Waals surface area contributed by atoms with Crippen LogP contribution in [0.2, 0.25) is 0 Å². The van der Waals surface area contributed by atoms with Crippen molar-refractivity contribution in [2.24, 2.45) is 0 Å². The fourth-order valence-corrected chi connectivity index (χ4v) is 3.65. The smallest absolute Gasteiger partial charge is 0.414 e. The maximum absolute atomic E-state index is 12.8. The van der Waals surface area contributed by atoms with E-state index in [0.717, 1.165) is 22.5 Å². The van der Waals surface area contributed by atoms with Crippen molar-refractivity contribution in [3.05, 3.63) is 30.6 Å². The molecule has 0 saturated carbocycles. The van der Waals surface area contributed by atoms with Crippen molar-refractivity contribution in [1.29, 1.82) is 0 Å². The number of benzene rings is 1. The summed E-state index contributed by atoms with van der Waals surface area (Å²) in [5.41, 5.74) is 3.41. The van der Waals surface area contributed by atoms with Gasteiger partial charge in [-0.2, -0.15) is 5.10 Å². The lowest BCUT2D eigenvalue weighted by Crippen LogP contribution is -2.53. The average Bonchev–Trinajstić information content (AvgIpc) is 3.13. The second-order valence-electron chi connectivity index (χ2n) is 7.62. The van der Waals surface area contributed by atoms with Crippen LogP contribution in [0.1, 0.15) is 27.7 Å². The first kappa shape index (κ1) is 21.1. The molecule has 8 heteroatoms. The van der Waals surface area contributed by atoms with E-state index in [4.69, 9.17) is 9.47 Å². The van der Waals surface area contributed by atoms with Crippen LogP contribution in [-0.2, 0) is 16.0 Å². The van der Waals surface area contributed by atoms with E-state index >= 15 is 0 Å². The number of hydrogen-bond donors (Lipinski definition) is 1. The summed E-state index contributed by atoms with van der Waals surface area (Å²) in [6.45, 7) is 9.07. The van der Waals surface area contributed by atoms with Crippen LogP contribution in [0, 0.1) is 0 Å². The minimum Gasteiger partial charge on any atom is -0.446 e. The Labute approximate surface area is 171 Å². The van der Waals surface area contributed by atoms with Crippen LogP contribution >= 0.6 is 0 Å². The number of carbonyl (C=O) groups excluding carboxylic acids is 1. The van der Waals surface area contributed by atoms with Crippen LogP contribution in [0.5, 0.6) is 0 Å². The molecule has 2 heterocycles. The summed E-state index contributed by atoms with van der Waals surface area (Å²) in [6.07, 6.45) is 2.49. The summed E-state index contributed by atoms with van der Waals surface area (Å²) in [6, 6.07) is 5.82. The Balaban J connectivity index is 2.00. The number of anilines is 2. The predicted octanol–water partition coefficient (Wildman–Crippen LogP) is 3.09. The molecule has 2 atom stereocenters. The normalized spacial score (nSPS) is 17.4. The first-order chi connectivity index (χ1) is 13.8. The molecular weight excluding hydrogens is 372 g/mol. The maximum Gasteiger partial charge on any atom is 0.414 e. The number of ether oxygens (including phenoxy) is 2. The number of amides is 1. The van der Waals surface area contributed by atoms with E-state index < -0.39 is 6.23 Å². The van der Waals surface area contributed by atoms with Crippen molar-refractivity contribution in [3.8, 4) is 11.1 Å². The van der Waals surface area contributed by atoms with E-state index in [1.165, 1.54) is 0 Å². The molecule has 0 radical (unpaired) electrons. The number of aliphatic hydroxyl groups excluding tert-OH is 1. The highest BCUT2D eigenvalue weighted by Crippen LogP contribution is 2.39. The second-order valence-corrected chi connectivity index (χ2v) is 7.62. The molecule has 1 aliphatic rings. The van der Waals surface area contributed by atoms with Crippen molar-refractivity contribution in [3.63, 3.8) is 0 Å². The number of aliphatic hydroxyl groups is 1. The monoisotopic (exact) mass is 402 g/mol. The Kier molecular flexibility index (Phi) is 6.44. The topological polar surface area (TPSA) is 80.1 Å². The SMILES string of the molecule is COCCn1cc(-c2ccc3c(c2)N(C(=O)OC(C)C)C[C@H](C)N3C(C)O)cn1. The molecule has 1 aromatic heterocycles. The molecule has 0 fully saturated rings. The Morgan fingerprint density at radius 2 is 2.03 bits per heavy atom. The van der Waals surface area contributed by atoms with Gasteiger partial charge in [-0.15, -0.1) is 0 Å². The van der Waals surface area contributed by atoms with E-state index in [-0.39, 0.29) is 18.2 Å². The molecule has 3 rings (SSSR count).